The van der Waals surface area contributed by atoms with Crippen LogP contribution in [-0.4, -0.2) is 59.9 Å². The van der Waals surface area contributed by atoms with Crippen LogP contribution in [0.1, 0.15) is 6.42 Å². The van der Waals surface area contributed by atoms with Gasteiger partial charge in [-0.1, -0.05) is 23.9 Å². The van der Waals surface area contributed by atoms with Crippen LogP contribution >= 0.6 is 11.8 Å². The van der Waals surface area contributed by atoms with Crippen LogP contribution in [0.3, 0.4) is 0 Å². The van der Waals surface area contributed by atoms with E-state index in [9.17, 15) is 19.2 Å². The van der Waals surface area contributed by atoms with E-state index in [1.54, 1.807) is 18.2 Å². The SMILES string of the molecule is O=C(CCN1C(=O)COc2ccccc21)NCCN1C(=O)CSC1=O. The van der Waals surface area contributed by atoms with Crippen LogP contribution in [0.25, 0.3) is 0 Å². The summed E-state index contributed by atoms with van der Waals surface area (Å²) in [6.45, 7) is 0.554. The van der Waals surface area contributed by atoms with Crippen molar-refractivity contribution in [3.63, 3.8) is 0 Å². The Morgan fingerprint density at radius 2 is 1.92 bits per heavy atom. The first kappa shape index (κ1) is 17.3. The van der Waals surface area contributed by atoms with Gasteiger partial charge in [-0.2, -0.15) is 0 Å². The Morgan fingerprint density at radius 1 is 1.12 bits per heavy atom. The molecule has 0 atom stereocenters. The number of para-hydroxylation sites is 2. The van der Waals surface area contributed by atoms with Crippen molar-refractivity contribution < 1.29 is 23.9 Å². The second kappa shape index (κ2) is 7.56. The van der Waals surface area contributed by atoms with Crippen LogP contribution in [0, 0.1) is 0 Å². The van der Waals surface area contributed by atoms with Gasteiger partial charge in [-0.3, -0.25) is 24.1 Å². The number of rotatable bonds is 6. The van der Waals surface area contributed by atoms with Crippen molar-refractivity contribution in [1.82, 2.24) is 10.2 Å². The van der Waals surface area contributed by atoms with Gasteiger partial charge in [0.1, 0.15) is 5.75 Å². The quantitative estimate of drug-likeness (QED) is 0.796. The Kier molecular flexibility index (Phi) is 5.22. The molecule has 1 aromatic rings. The van der Waals surface area contributed by atoms with Crippen LogP contribution in [0.5, 0.6) is 5.75 Å². The molecule has 0 bridgehead atoms. The number of nitrogens with one attached hydrogen (secondary N) is 1. The molecule has 8 nitrogen and oxygen atoms in total. The summed E-state index contributed by atoms with van der Waals surface area (Å²) in [5, 5.41) is 2.38. The van der Waals surface area contributed by atoms with Gasteiger partial charge in [-0.15, -0.1) is 0 Å². The maximum atomic E-state index is 12.0. The first-order valence-electron chi connectivity index (χ1n) is 7.82. The maximum absolute atomic E-state index is 12.0. The number of ether oxygens (including phenoxy) is 1. The fourth-order valence-corrected chi connectivity index (χ4v) is 3.36. The van der Waals surface area contributed by atoms with Gasteiger partial charge in [-0.25, -0.2) is 0 Å². The second-order valence-electron chi connectivity index (χ2n) is 5.50. The highest BCUT2D eigenvalue weighted by Gasteiger charge is 2.29. The van der Waals surface area contributed by atoms with E-state index in [2.05, 4.69) is 5.32 Å². The number of benzene rings is 1. The summed E-state index contributed by atoms with van der Waals surface area (Å²) >= 11 is 0.964. The van der Waals surface area contributed by atoms with E-state index in [1.807, 2.05) is 6.07 Å². The zero-order valence-electron chi connectivity index (χ0n) is 13.4. The third-order valence-corrected chi connectivity index (χ3v) is 4.73. The molecule has 0 unspecified atom stereocenters. The maximum Gasteiger partial charge on any atom is 0.288 e. The number of hydrogen-bond donors (Lipinski definition) is 1. The summed E-state index contributed by atoms with van der Waals surface area (Å²) in [6, 6.07) is 7.16. The zero-order chi connectivity index (χ0) is 17.8. The summed E-state index contributed by atoms with van der Waals surface area (Å²) in [4.78, 5) is 49.6. The molecular weight excluding hydrogens is 346 g/mol. The number of imide groups is 1. The smallest absolute Gasteiger partial charge is 0.288 e. The average molecular weight is 363 g/mol. The van der Waals surface area contributed by atoms with Gasteiger partial charge in [0.15, 0.2) is 6.61 Å². The lowest BCUT2D eigenvalue weighted by atomic mass is 10.2. The molecule has 2 aliphatic rings. The summed E-state index contributed by atoms with van der Waals surface area (Å²) in [5.41, 5.74) is 0.650. The van der Waals surface area contributed by atoms with Crippen molar-refractivity contribution in [3.8, 4) is 5.75 Å². The topological polar surface area (TPSA) is 96.0 Å². The predicted octanol–water partition coefficient (Wildman–Crippen LogP) is 0.614. The van der Waals surface area contributed by atoms with Crippen molar-refractivity contribution in [2.45, 2.75) is 6.42 Å². The number of carbonyl (C=O) groups excluding carboxylic acids is 4. The van der Waals surface area contributed by atoms with Gasteiger partial charge in [0.05, 0.1) is 11.4 Å². The Labute approximate surface area is 148 Å². The number of anilines is 1. The van der Waals surface area contributed by atoms with Gasteiger partial charge >= 0.3 is 0 Å². The predicted molar refractivity (Wildman–Crippen MR) is 91.5 cm³/mol. The molecule has 1 fully saturated rings. The molecule has 0 aromatic heterocycles. The van der Waals surface area contributed by atoms with E-state index in [1.165, 1.54) is 4.90 Å². The van der Waals surface area contributed by atoms with E-state index in [4.69, 9.17) is 4.74 Å². The van der Waals surface area contributed by atoms with Gasteiger partial charge in [0, 0.05) is 26.1 Å². The minimum atomic E-state index is -0.283. The lowest BCUT2D eigenvalue weighted by Gasteiger charge is -2.29. The summed E-state index contributed by atoms with van der Waals surface area (Å²) in [5.74, 6) is 0.0943. The third-order valence-electron chi connectivity index (χ3n) is 3.87. The standard InChI is InChI=1S/C16H17N3O5S/c20-13(17-6-8-19-15(22)10-25-16(19)23)5-7-18-11-3-1-2-4-12(11)24-9-14(18)21/h1-4H,5-10H2,(H,17,20). The third kappa shape index (κ3) is 3.93. The van der Waals surface area contributed by atoms with Gasteiger partial charge in [-0.05, 0) is 12.1 Å². The zero-order valence-corrected chi connectivity index (χ0v) is 14.2. The van der Waals surface area contributed by atoms with E-state index >= 15 is 0 Å². The Morgan fingerprint density at radius 3 is 2.68 bits per heavy atom. The van der Waals surface area contributed by atoms with Crippen LogP contribution in [0.4, 0.5) is 10.5 Å². The first-order chi connectivity index (χ1) is 12.1. The molecule has 9 heteroatoms. The molecule has 2 heterocycles. The van der Waals surface area contributed by atoms with Crippen molar-refractivity contribution in [2.24, 2.45) is 0 Å². The number of thioether (sulfide) groups is 1. The van der Waals surface area contributed by atoms with Gasteiger partial charge < -0.3 is 15.0 Å². The van der Waals surface area contributed by atoms with E-state index in [-0.39, 0.29) is 61.4 Å². The van der Waals surface area contributed by atoms with Crippen molar-refractivity contribution in [1.29, 1.82) is 0 Å². The summed E-state index contributed by atoms with van der Waals surface area (Å²) in [6.07, 6.45) is 0.122. The molecular formula is C16H17N3O5S. The number of carbonyl (C=O) groups is 4. The summed E-state index contributed by atoms with van der Waals surface area (Å²) in [7, 11) is 0. The fourth-order valence-electron chi connectivity index (χ4n) is 2.61. The van der Waals surface area contributed by atoms with E-state index in [0.29, 0.717) is 11.4 Å². The fraction of sp³-hybridized carbons (Fsp3) is 0.375. The number of hydrogen-bond acceptors (Lipinski definition) is 6. The van der Waals surface area contributed by atoms with Crippen LogP contribution in [0.2, 0.25) is 0 Å². The Hall–Kier alpha value is -2.55. The van der Waals surface area contributed by atoms with Crippen molar-refractivity contribution in [3.05, 3.63) is 24.3 Å². The largest absolute Gasteiger partial charge is 0.482 e. The molecule has 1 saturated heterocycles. The molecule has 25 heavy (non-hydrogen) atoms. The molecule has 3 rings (SSSR count). The Bertz CT molecular complexity index is 707. The molecule has 2 aliphatic heterocycles. The minimum Gasteiger partial charge on any atom is -0.482 e. The lowest BCUT2D eigenvalue weighted by Crippen LogP contribution is -2.42. The molecule has 0 saturated carbocycles. The van der Waals surface area contributed by atoms with Crippen LogP contribution < -0.4 is 15.0 Å². The molecule has 1 N–H and O–H groups in total. The normalized spacial score (nSPS) is 16.7. The highest BCUT2D eigenvalue weighted by molar-refractivity contribution is 8.14. The van der Waals surface area contributed by atoms with Crippen molar-refractivity contribution >= 4 is 40.4 Å². The minimum absolute atomic E-state index is 0.0461. The average Bonchev–Trinajstić information content (AvgIpc) is 2.93. The van der Waals surface area contributed by atoms with E-state index < -0.39 is 0 Å². The number of nitrogens with zero attached hydrogens (tertiary/aromatic N) is 2. The van der Waals surface area contributed by atoms with Crippen molar-refractivity contribution in [2.75, 3.05) is 36.9 Å². The summed E-state index contributed by atoms with van der Waals surface area (Å²) < 4.78 is 5.35. The highest BCUT2D eigenvalue weighted by atomic mass is 32.2. The van der Waals surface area contributed by atoms with E-state index in [0.717, 1.165) is 16.7 Å². The lowest BCUT2D eigenvalue weighted by molar-refractivity contribution is -0.126. The van der Waals surface area contributed by atoms with Crippen LogP contribution in [0.15, 0.2) is 24.3 Å². The van der Waals surface area contributed by atoms with Crippen LogP contribution in [-0.2, 0) is 14.4 Å². The molecule has 1 aromatic carbocycles. The second-order valence-corrected chi connectivity index (χ2v) is 6.43. The number of fused-ring (bicyclic) bond motifs is 1. The molecule has 0 spiro atoms. The van der Waals surface area contributed by atoms with Gasteiger partial charge in [0.25, 0.3) is 11.1 Å². The number of amides is 4. The van der Waals surface area contributed by atoms with Gasteiger partial charge in [0.2, 0.25) is 11.8 Å². The molecule has 0 aliphatic carbocycles. The molecule has 132 valence electrons. The highest BCUT2D eigenvalue weighted by Crippen LogP contribution is 2.31. The molecule has 4 amide bonds. The monoisotopic (exact) mass is 363 g/mol. The first-order valence-corrected chi connectivity index (χ1v) is 8.81. The molecule has 0 radical (unpaired) electrons. The Balaban J connectivity index is 1.47.